The van der Waals surface area contributed by atoms with Crippen molar-refractivity contribution in [1.82, 2.24) is 0 Å². The van der Waals surface area contributed by atoms with Crippen LogP contribution in [0.4, 0.5) is 0 Å². The predicted octanol–water partition coefficient (Wildman–Crippen LogP) is 0.853. The van der Waals surface area contributed by atoms with Crippen LogP contribution in [0.5, 0.6) is 0 Å². The highest BCUT2D eigenvalue weighted by Gasteiger charge is 1.98. The monoisotopic (exact) mass is 166 g/mol. The summed E-state index contributed by atoms with van der Waals surface area (Å²) in [5.74, 6) is 5.40. The van der Waals surface area contributed by atoms with Gasteiger partial charge in [0.25, 0.3) is 0 Å². The summed E-state index contributed by atoms with van der Waals surface area (Å²) in [6, 6.07) is 0. The van der Waals surface area contributed by atoms with Gasteiger partial charge in [-0.2, -0.15) is 0 Å². The normalized spacial score (nSPS) is 13.7. The van der Waals surface area contributed by atoms with Crippen molar-refractivity contribution >= 4 is 0 Å². The molecule has 0 bridgehead atoms. The van der Waals surface area contributed by atoms with Crippen LogP contribution in [0.25, 0.3) is 0 Å². The molecule has 12 heavy (non-hydrogen) atoms. The van der Waals surface area contributed by atoms with E-state index in [1.807, 2.05) is 0 Å². The van der Waals surface area contributed by atoms with Crippen LogP contribution in [0, 0.1) is 11.8 Å². The van der Waals surface area contributed by atoms with E-state index in [0.717, 1.165) is 0 Å². The highest BCUT2D eigenvalue weighted by atomic mass is 16.3. The highest BCUT2D eigenvalue weighted by Crippen LogP contribution is 1.97. The molecular formula is C10H14O2. The van der Waals surface area contributed by atoms with Crippen molar-refractivity contribution < 1.29 is 10.2 Å². The van der Waals surface area contributed by atoms with Crippen LogP contribution in [-0.4, -0.2) is 22.4 Å². The second kappa shape index (κ2) is 5.62. The summed E-state index contributed by atoms with van der Waals surface area (Å²) in [6.45, 7) is 6.66. The molecule has 66 valence electrons. The second-order valence-corrected chi connectivity index (χ2v) is 2.62. The molecule has 0 saturated heterocycles. The molecule has 2 unspecified atom stereocenters. The third kappa shape index (κ3) is 4.76. The minimum atomic E-state index is -0.635. The topological polar surface area (TPSA) is 40.5 Å². The van der Waals surface area contributed by atoms with Gasteiger partial charge in [-0.25, -0.2) is 0 Å². The summed E-state index contributed by atoms with van der Waals surface area (Å²) < 4.78 is 0. The SMILES string of the molecule is C=C=C(C#CCC(C)O)C(C)O. The van der Waals surface area contributed by atoms with E-state index in [1.54, 1.807) is 13.8 Å². The van der Waals surface area contributed by atoms with Gasteiger partial charge in [0.15, 0.2) is 0 Å². The zero-order chi connectivity index (χ0) is 9.56. The number of hydrogen-bond donors (Lipinski definition) is 2. The van der Waals surface area contributed by atoms with Gasteiger partial charge >= 0.3 is 0 Å². The van der Waals surface area contributed by atoms with Crippen LogP contribution >= 0.6 is 0 Å². The fourth-order valence-electron chi connectivity index (χ4n) is 0.590. The lowest BCUT2D eigenvalue weighted by molar-refractivity contribution is 0.201. The maximum atomic E-state index is 9.07. The molecule has 0 spiro atoms. The molecular weight excluding hydrogens is 152 g/mol. The molecule has 0 aliphatic heterocycles. The molecule has 0 saturated carbocycles. The maximum Gasteiger partial charge on any atom is 0.0912 e. The molecule has 0 aromatic carbocycles. The van der Waals surface area contributed by atoms with E-state index in [-0.39, 0.29) is 0 Å². The van der Waals surface area contributed by atoms with E-state index in [2.05, 4.69) is 24.2 Å². The number of aliphatic hydroxyl groups is 2. The van der Waals surface area contributed by atoms with E-state index in [1.165, 1.54) is 0 Å². The van der Waals surface area contributed by atoms with Crippen molar-refractivity contribution in [3.63, 3.8) is 0 Å². The molecule has 2 atom stereocenters. The smallest absolute Gasteiger partial charge is 0.0912 e. The van der Waals surface area contributed by atoms with Gasteiger partial charge < -0.3 is 10.2 Å². The lowest BCUT2D eigenvalue weighted by Crippen LogP contribution is -2.02. The molecule has 0 aromatic heterocycles. The Bertz CT molecular complexity index is 234. The Morgan fingerprint density at radius 1 is 1.42 bits per heavy atom. The van der Waals surface area contributed by atoms with E-state index in [0.29, 0.717) is 12.0 Å². The average molecular weight is 166 g/mol. The first-order valence-electron chi connectivity index (χ1n) is 3.83. The first-order valence-corrected chi connectivity index (χ1v) is 3.83. The molecule has 0 rings (SSSR count). The van der Waals surface area contributed by atoms with Crippen LogP contribution < -0.4 is 0 Å². The van der Waals surface area contributed by atoms with Crippen molar-refractivity contribution in [2.24, 2.45) is 0 Å². The molecule has 0 heterocycles. The largest absolute Gasteiger partial charge is 0.392 e. The van der Waals surface area contributed by atoms with Gasteiger partial charge in [0, 0.05) is 6.42 Å². The minimum absolute atomic E-state index is 0.401. The molecule has 0 radical (unpaired) electrons. The molecule has 2 heteroatoms. The molecule has 2 N–H and O–H groups in total. The zero-order valence-corrected chi connectivity index (χ0v) is 7.46. The van der Waals surface area contributed by atoms with Crippen LogP contribution in [0.3, 0.4) is 0 Å². The van der Waals surface area contributed by atoms with Crippen molar-refractivity contribution in [3.8, 4) is 11.8 Å². The van der Waals surface area contributed by atoms with Gasteiger partial charge in [0.05, 0.1) is 17.8 Å². The van der Waals surface area contributed by atoms with Crippen molar-refractivity contribution in [3.05, 3.63) is 17.9 Å². The number of aliphatic hydroxyl groups excluding tert-OH is 2. The van der Waals surface area contributed by atoms with Crippen LogP contribution in [0.2, 0.25) is 0 Å². The summed E-state index contributed by atoms with van der Waals surface area (Å²) in [7, 11) is 0. The standard InChI is InChI=1S/C10H14O2/c1-4-10(9(3)12)7-5-6-8(2)11/h8-9,11-12H,1,6H2,2-3H3. The Kier molecular flexibility index (Phi) is 5.16. The molecule has 0 aliphatic rings. The lowest BCUT2D eigenvalue weighted by atomic mass is 10.2. The summed E-state index contributed by atoms with van der Waals surface area (Å²) in [6.07, 6.45) is -0.667. The van der Waals surface area contributed by atoms with Gasteiger partial charge in [0.2, 0.25) is 0 Å². The minimum Gasteiger partial charge on any atom is -0.392 e. The van der Waals surface area contributed by atoms with Crippen LogP contribution in [0.15, 0.2) is 17.9 Å². The van der Waals surface area contributed by atoms with E-state index in [9.17, 15) is 0 Å². The quantitative estimate of drug-likeness (QED) is 0.471. The maximum absolute atomic E-state index is 9.07. The van der Waals surface area contributed by atoms with Gasteiger partial charge in [0.1, 0.15) is 0 Å². The summed E-state index contributed by atoms with van der Waals surface area (Å²) in [4.78, 5) is 0. The number of rotatable bonds is 2. The predicted molar refractivity (Wildman–Crippen MR) is 48.4 cm³/mol. The lowest BCUT2D eigenvalue weighted by Gasteiger charge is -1.98. The first kappa shape index (κ1) is 11.0. The van der Waals surface area contributed by atoms with Gasteiger partial charge in [-0.15, -0.1) is 5.73 Å². The fraction of sp³-hybridized carbons (Fsp3) is 0.500. The Morgan fingerprint density at radius 3 is 2.33 bits per heavy atom. The van der Waals surface area contributed by atoms with Gasteiger partial charge in [-0.05, 0) is 13.8 Å². The highest BCUT2D eigenvalue weighted by molar-refractivity contribution is 5.30. The summed E-state index contributed by atoms with van der Waals surface area (Å²) in [5, 5.41) is 17.9. The third-order valence-corrected chi connectivity index (χ3v) is 1.23. The third-order valence-electron chi connectivity index (χ3n) is 1.23. The molecule has 0 aliphatic carbocycles. The fourth-order valence-corrected chi connectivity index (χ4v) is 0.590. The molecule has 0 aromatic rings. The van der Waals surface area contributed by atoms with Crippen molar-refractivity contribution in [2.45, 2.75) is 32.5 Å². The van der Waals surface area contributed by atoms with Crippen molar-refractivity contribution in [1.29, 1.82) is 0 Å². The number of hydrogen-bond acceptors (Lipinski definition) is 2. The molecule has 0 fully saturated rings. The Hall–Kier alpha value is -1.00. The zero-order valence-electron chi connectivity index (χ0n) is 7.46. The Balaban J connectivity index is 4.18. The van der Waals surface area contributed by atoms with Crippen LogP contribution in [-0.2, 0) is 0 Å². The van der Waals surface area contributed by atoms with Crippen molar-refractivity contribution in [2.75, 3.05) is 0 Å². The van der Waals surface area contributed by atoms with Gasteiger partial charge in [-0.1, -0.05) is 18.4 Å². The Labute approximate surface area is 73.2 Å². The molecule has 0 amide bonds. The Morgan fingerprint density at radius 2 is 2.00 bits per heavy atom. The van der Waals surface area contributed by atoms with E-state index in [4.69, 9.17) is 10.2 Å². The van der Waals surface area contributed by atoms with E-state index >= 15 is 0 Å². The van der Waals surface area contributed by atoms with E-state index < -0.39 is 12.2 Å². The summed E-state index contributed by atoms with van der Waals surface area (Å²) >= 11 is 0. The average Bonchev–Trinajstić information content (AvgIpc) is 1.96. The first-order chi connectivity index (χ1) is 5.57. The molecule has 2 nitrogen and oxygen atoms in total. The summed E-state index contributed by atoms with van der Waals surface area (Å²) in [5.41, 5.74) is 3.00. The second-order valence-electron chi connectivity index (χ2n) is 2.62. The van der Waals surface area contributed by atoms with Gasteiger partial charge in [-0.3, -0.25) is 0 Å². The van der Waals surface area contributed by atoms with Crippen LogP contribution in [0.1, 0.15) is 20.3 Å².